The molecule has 1 amide bonds. The fourth-order valence-corrected chi connectivity index (χ4v) is 2.75. The van der Waals surface area contributed by atoms with Gasteiger partial charge in [0.25, 0.3) is 0 Å². The quantitative estimate of drug-likeness (QED) is 0.567. The Morgan fingerprint density at radius 1 is 1.12 bits per heavy atom. The number of benzene rings is 2. The van der Waals surface area contributed by atoms with E-state index in [9.17, 15) is 9.90 Å². The highest BCUT2D eigenvalue weighted by Crippen LogP contribution is 2.27. The van der Waals surface area contributed by atoms with Gasteiger partial charge >= 0.3 is 0 Å². The topological polar surface area (TPSA) is 84.6 Å². The second-order valence-electron chi connectivity index (χ2n) is 5.82. The van der Waals surface area contributed by atoms with E-state index in [0.29, 0.717) is 41.1 Å². The van der Waals surface area contributed by atoms with Crippen molar-refractivity contribution in [1.29, 1.82) is 0 Å². The molecule has 140 valence electrons. The third-order valence-corrected chi connectivity index (χ3v) is 4.45. The van der Waals surface area contributed by atoms with Gasteiger partial charge in [-0.25, -0.2) is 0 Å². The molecule has 0 unspecified atom stereocenters. The second-order valence-corrected chi connectivity index (χ2v) is 6.63. The first-order valence-electron chi connectivity index (χ1n) is 8.35. The van der Waals surface area contributed by atoms with Crippen LogP contribution in [0.2, 0.25) is 10.0 Å². The highest BCUT2D eigenvalue weighted by atomic mass is 35.5. The van der Waals surface area contributed by atoms with E-state index in [0.717, 1.165) is 18.4 Å². The maximum Gasteiger partial charge on any atom is 0.224 e. The number of phenols is 1. The van der Waals surface area contributed by atoms with Crippen molar-refractivity contribution in [2.45, 2.75) is 19.3 Å². The average Bonchev–Trinajstić information content (AvgIpc) is 2.61. The average molecular weight is 397 g/mol. The van der Waals surface area contributed by atoms with Gasteiger partial charge in [-0.2, -0.15) is 0 Å². The molecule has 0 aliphatic heterocycles. The summed E-state index contributed by atoms with van der Waals surface area (Å²) in [6.45, 7) is 1.25. The maximum atomic E-state index is 12.0. The lowest BCUT2D eigenvalue weighted by Crippen LogP contribution is -2.26. The number of amides is 1. The van der Waals surface area contributed by atoms with Crippen LogP contribution in [0.5, 0.6) is 11.5 Å². The SMILES string of the molecule is NCCOc1ccc(CC(=O)NCCCc2ccc(Cl)c(Cl)c2)cc1O. The molecule has 0 spiro atoms. The number of aromatic hydroxyl groups is 1. The van der Waals surface area contributed by atoms with Crippen molar-refractivity contribution in [1.82, 2.24) is 5.32 Å². The van der Waals surface area contributed by atoms with Gasteiger partial charge in [0.05, 0.1) is 16.5 Å². The number of aryl methyl sites for hydroxylation is 1. The van der Waals surface area contributed by atoms with Crippen molar-refractivity contribution in [3.05, 3.63) is 57.6 Å². The van der Waals surface area contributed by atoms with Crippen LogP contribution in [0, 0.1) is 0 Å². The molecule has 2 rings (SSSR count). The number of rotatable bonds is 9. The number of phenolic OH excluding ortho intramolecular Hbond substituents is 1. The molecular weight excluding hydrogens is 375 g/mol. The summed E-state index contributed by atoms with van der Waals surface area (Å²) in [4.78, 5) is 12.0. The van der Waals surface area contributed by atoms with Crippen LogP contribution < -0.4 is 15.8 Å². The molecule has 0 atom stereocenters. The number of carbonyl (C=O) groups is 1. The Balaban J connectivity index is 1.74. The highest BCUT2D eigenvalue weighted by molar-refractivity contribution is 6.42. The molecule has 0 bridgehead atoms. The van der Waals surface area contributed by atoms with Gasteiger partial charge in [-0.15, -0.1) is 0 Å². The fourth-order valence-electron chi connectivity index (χ4n) is 2.43. The van der Waals surface area contributed by atoms with E-state index in [2.05, 4.69) is 5.32 Å². The van der Waals surface area contributed by atoms with Crippen molar-refractivity contribution in [3.8, 4) is 11.5 Å². The summed E-state index contributed by atoms with van der Waals surface area (Å²) in [6.07, 6.45) is 1.78. The van der Waals surface area contributed by atoms with Crippen LogP contribution in [0.25, 0.3) is 0 Å². The van der Waals surface area contributed by atoms with Crippen LogP contribution >= 0.6 is 23.2 Å². The minimum Gasteiger partial charge on any atom is -0.504 e. The van der Waals surface area contributed by atoms with Crippen molar-refractivity contribution in [2.24, 2.45) is 5.73 Å². The zero-order chi connectivity index (χ0) is 18.9. The van der Waals surface area contributed by atoms with Crippen LogP contribution in [-0.2, 0) is 17.6 Å². The molecule has 5 nitrogen and oxygen atoms in total. The number of carbonyl (C=O) groups excluding carboxylic acids is 1. The molecular formula is C19H22Cl2N2O3. The fraction of sp³-hybridized carbons (Fsp3) is 0.316. The third kappa shape index (κ3) is 6.41. The standard InChI is InChI=1S/C19H22Cl2N2O3/c20-15-5-3-13(10-16(15)21)2-1-8-23-19(25)12-14-4-6-18(17(24)11-14)26-9-7-22/h3-6,10-11,24H,1-2,7-9,12,22H2,(H,23,25). The van der Waals surface area contributed by atoms with Gasteiger partial charge in [0.2, 0.25) is 5.91 Å². The van der Waals surface area contributed by atoms with E-state index in [-0.39, 0.29) is 18.1 Å². The third-order valence-electron chi connectivity index (χ3n) is 3.71. The first-order valence-corrected chi connectivity index (χ1v) is 9.10. The van der Waals surface area contributed by atoms with E-state index < -0.39 is 0 Å². The van der Waals surface area contributed by atoms with Crippen LogP contribution in [0.1, 0.15) is 17.5 Å². The van der Waals surface area contributed by atoms with Crippen molar-refractivity contribution >= 4 is 29.1 Å². The summed E-state index contributed by atoms with van der Waals surface area (Å²) < 4.78 is 5.29. The summed E-state index contributed by atoms with van der Waals surface area (Å²) in [5.41, 5.74) is 7.15. The van der Waals surface area contributed by atoms with Gasteiger partial charge in [0, 0.05) is 13.1 Å². The second kappa shape index (κ2) is 10.3. The predicted octanol–water partition coefficient (Wildman–Crippen LogP) is 3.33. The summed E-state index contributed by atoms with van der Waals surface area (Å²) in [5.74, 6) is 0.263. The zero-order valence-corrected chi connectivity index (χ0v) is 15.8. The molecule has 26 heavy (non-hydrogen) atoms. The molecule has 0 heterocycles. The van der Waals surface area contributed by atoms with Gasteiger partial charge in [-0.1, -0.05) is 35.3 Å². The van der Waals surface area contributed by atoms with Crippen LogP contribution in [-0.4, -0.2) is 30.7 Å². The van der Waals surface area contributed by atoms with Crippen LogP contribution in [0.15, 0.2) is 36.4 Å². The number of nitrogens with two attached hydrogens (primary N) is 1. The van der Waals surface area contributed by atoms with Gasteiger partial charge in [0.15, 0.2) is 11.5 Å². The first kappa shape index (κ1) is 20.4. The Kier molecular flexibility index (Phi) is 8.04. The minimum absolute atomic E-state index is 0.00312. The molecule has 0 aliphatic rings. The Labute approximate surface area is 163 Å². The van der Waals surface area contributed by atoms with E-state index in [4.69, 9.17) is 33.7 Å². The lowest BCUT2D eigenvalue weighted by Gasteiger charge is -2.09. The van der Waals surface area contributed by atoms with Crippen molar-refractivity contribution < 1.29 is 14.6 Å². The number of hydrogen-bond donors (Lipinski definition) is 3. The molecule has 4 N–H and O–H groups in total. The van der Waals surface area contributed by atoms with E-state index in [1.165, 1.54) is 6.07 Å². The number of halogens is 2. The van der Waals surface area contributed by atoms with Gasteiger partial charge in [-0.05, 0) is 48.2 Å². The van der Waals surface area contributed by atoms with Crippen molar-refractivity contribution in [2.75, 3.05) is 19.7 Å². The molecule has 0 saturated carbocycles. The molecule has 0 fully saturated rings. The first-order chi connectivity index (χ1) is 12.5. The number of nitrogens with one attached hydrogen (secondary N) is 1. The molecule has 0 saturated heterocycles. The van der Waals surface area contributed by atoms with Gasteiger partial charge < -0.3 is 20.9 Å². The summed E-state index contributed by atoms with van der Waals surface area (Å²) >= 11 is 11.9. The highest BCUT2D eigenvalue weighted by Gasteiger charge is 2.08. The smallest absolute Gasteiger partial charge is 0.224 e. The monoisotopic (exact) mass is 396 g/mol. The van der Waals surface area contributed by atoms with Crippen molar-refractivity contribution in [3.63, 3.8) is 0 Å². The van der Waals surface area contributed by atoms with E-state index >= 15 is 0 Å². The Bertz CT molecular complexity index is 754. The normalized spacial score (nSPS) is 10.6. The van der Waals surface area contributed by atoms with Gasteiger partial charge in [-0.3, -0.25) is 4.79 Å². The Hall–Kier alpha value is -1.95. The lowest BCUT2D eigenvalue weighted by molar-refractivity contribution is -0.120. The molecule has 0 aromatic heterocycles. The summed E-state index contributed by atoms with van der Waals surface area (Å²) in [5, 5.41) is 13.8. The lowest BCUT2D eigenvalue weighted by atomic mass is 10.1. The molecule has 0 radical (unpaired) electrons. The van der Waals surface area contributed by atoms with Crippen LogP contribution in [0.4, 0.5) is 0 Å². The number of ether oxygens (including phenoxy) is 1. The number of hydrogen-bond acceptors (Lipinski definition) is 4. The molecule has 2 aromatic carbocycles. The summed E-state index contributed by atoms with van der Waals surface area (Å²) in [6, 6.07) is 10.4. The summed E-state index contributed by atoms with van der Waals surface area (Å²) in [7, 11) is 0. The Morgan fingerprint density at radius 2 is 1.88 bits per heavy atom. The minimum atomic E-state index is -0.103. The molecule has 0 aliphatic carbocycles. The largest absolute Gasteiger partial charge is 0.504 e. The molecule has 2 aromatic rings. The van der Waals surface area contributed by atoms with Crippen LogP contribution in [0.3, 0.4) is 0 Å². The van der Waals surface area contributed by atoms with E-state index in [1.54, 1.807) is 18.2 Å². The molecule has 7 heteroatoms. The zero-order valence-electron chi connectivity index (χ0n) is 14.3. The maximum absolute atomic E-state index is 12.0. The Morgan fingerprint density at radius 3 is 2.58 bits per heavy atom. The van der Waals surface area contributed by atoms with Gasteiger partial charge in [0.1, 0.15) is 6.61 Å². The predicted molar refractivity (Wildman–Crippen MR) is 104 cm³/mol. The van der Waals surface area contributed by atoms with E-state index in [1.807, 2.05) is 12.1 Å².